The first-order valence-corrected chi connectivity index (χ1v) is 7.31. The van der Waals surface area contributed by atoms with Crippen LogP contribution in [0.15, 0.2) is 39.7 Å². The maximum absolute atomic E-state index is 12.2. The molecule has 1 unspecified atom stereocenters. The van der Waals surface area contributed by atoms with Crippen molar-refractivity contribution in [1.82, 2.24) is 14.8 Å². The van der Waals surface area contributed by atoms with Crippen LogP contribution >= 0.6 is 31.9 Å². The fourth-order valence-corrected chi connectivity index (χ4v) is 2.17. The highest BCUT2D eigenvalue weighted by atomic mass is 79.9. The van der Waals surface area contributed by atoms with Crippen molar-refractivity contribution >= 4 is 43.6 Å². The van der Waals surface area contributed by atoms with Crippen molar-refractivity contribution in [3.05, 3.63) is 39.7 Å². The molecule has 19 heavy (non-hydrogen) atoms. The van der Waals surface area contributed by atoms with E-state index in [-0.39, 0.29) is 11.9 Å². The minimum absolute atomic E-state index is 0.132. The number of carbonyl (C=O) groups excluding carboxylic acids is 1. The minimum Gasteiger partial charge on any atom is -0.309 e. The van der Waals surface area contributed by atoms with Crippen LogP contribution in [0.1, 0.15) is 19.4 Å². The zero-order valence-corrected chi connectivity index (χ0v) is 13.3. The summed E-state index contributed by atoms with van der Waals surface area (Å²) in [4.78, 5) is 16.3. The van der Waals surface area contributed by atoms with E-state index in [1.165, 1.54) is 0 Å². The number of anilines is 1. The number of rotatable bonds is 4. The Hall–Kier alpha value is -1.21. The Kier molecular flexibility index (Phi) is 4.71. The second-order valence-electron chi connectivity index (χ2n) is 3.91. The Morgan fingerprint density at radius 3 is 2.68 bits per heavy atom. The first-order chi connectivity index (χ1) is 9.10. The van der Waals surface area contributed by atoms with Gasteiger partial charge in [0.25, 0.3) is 0 Å². The van der Waals surface area contributed by atoms with Crippen LogP contribution < -0.4 is 5.32 Å². The van der Waals surface area contributed by atoms with Gasteiger partial charge < -0.3 is 5.32 Å². The lowest BCUT2D eigenvalue weighted by atomic mass is 10.2. The second-order valence-corrected chi connectivity index (χ2v) is 5.74. The van der Waals surface area contributed by atoms with Gasteiger partial charge in [-0.2, -0.15) is 5.10 Å². The number of amides is 1. The van der Waals surface area contributed by atoms with Crippen LogP contribution in [0.25, 0.3) is 0 Å². The molecule has 0 spiro atoms. The summed E-state index contributed by atoms with van der Waals surface area (Å²) >= 11 is 6.62. The quantitative estimate of drug-likeness (QED) is 0.874. The molecule has 5 nitrogen and oxygen atoms in total. The van der Waals surface area contributed by atoms with Crippen LogP contribution in [0, 0.1) is 0 Å². The van der Waals surface area contributed by atoms with Gasteiger partial charge in [-0.15, -0.1) is 0 Å². The van der Waals surface area contributed by atoms with Crippen molar-refractivity contribution < 1.29 is 4.79 Å². The van der Waals surface area contributed by atoms with E-state index in [0.717, 1.165) is 8.95 Å². The van der Waals surface area contributed by atoms with Gasteiger partial charge in [-0.05, 0) is 50.4 Å². The third kappa shape index (κ3) is 3.63. The van der Waals surface area contributed by atoms with Gasteiger partial charge in [0.15, 0.2) is 0 Å². The molecule has 0 radical (unpaired) electrons. The van der Waals surface area contributed by atoms with Crippen LogP contribution in [0.5, 0.6) is 0 Å². The standard InChI is InChI=1S/C12H12Br2N4O/c1-2-10(18-7-9(14)6-16-18)12(19)17-11-4-3-8(13)5-15-11/h3-7,10H,2H2,1H3,(H,15,17,19). The summed E-state index contributed by atoms with van der Waals surface area (Å²) in [7, 11) is 0. The van der Waals surface area contributed by atoms with Crippen molar-refractivity contribution in [3.8, 4) is 0 Å². The molecule has 0 aliphatic carbocycles. The molecule has 0 saturated heterocycles. The lowest BCUT2D eigenvalue weighted by Crippen LogP contribution is -2.26. The Balaban J connectivity index is 2.11. The summed E-state index contributed by atoms with van der Waals surface area (Å²) < 4.78 is 3.35. The molecular formula is C12H12Br2N4O. The van der Waals surface area contributed by atoms with E-state index in [4.69, 9.17) is 0 Å². The lowest BCUT2D eigenvalue weighted by Gasteiger charge is -2.15. The zero-order valence-electron chi connectivity index (χ0n) is 10.2. The molecule has 0 aliphatic heterocycles. The Labute approximate surface area is 127 Å². The molecule has 7 heteroatoms. The number of carbonyl (C=O) groups is 1. The molecule has 2 heterocycles. The topological polar surface area (TPSA) is 59.8 Å². The smallest absolute Gasteiger partial charge is 0.250 e. The molecule has 1 atom stereocenters. The Morgan fingerprint density at radius 1 is 1.37 bits per heavy atom. The third-order valence-electron chi connectivity index (χ3n) is 2.56. The molecule has 0 fully saturated rings. The second kappa shape index (κ2) is 6.29. The van der Waals surface area contributed by atoms with Gasteiger partial charge in [0.05, 0.1) is 10.7 Å². The van der Waals surface area contributed by atoms with E-state index in [9.17, 15) is 4.79 Å². The number of hydrogen-bond donors (Lipinski definition) is 1. The molecule has 0 aliphatic rings. The Morgan fingerprint density at radius 2 is 2.16 bits per heavy atom. The highest BCUT2D eigenvalue weighted by Crippen LogP contribution is 2.17. The number of nitrogens with zero attached hydrogens (tertiary/aromatic N) is 3. The van der Waals surface area contributed by atoms with Crippen LogP contribution in [-0.4, -0.2) is 20.7 Å². The summed E-state index contributed by atoms with van der Waals surface area (Å²) in [6.07, 6.45) is 5.73. The van der Waals surface area contributed by atoms with Crippen molar-refractivity contribution in [3.63, 3.8) is 0 Å². The number of hydrogen-bond acceptors (Lipinski definition) is 3. The van der Waals surface area contributed by atoms with Crippen molar-refractivity contribution in [2.24, 2.45) is 0 Å². The van der Waals surface area contributed by atoms with Crippen LogP contribution in [0.4, 0.5) is 5.82 Å². The summed E-state index contributed by atoms with van der Waals surface area (Å²) in [5, 5.41) is 6.93. The van der Waals surface area contributed by atoms with Crippen molar-refractivity contribution in [1.29, 1.82) is 0 Å². The summed E-state index contributed by atoms with van der Waals surface area (Å²) in [5.74, 6) is 0.394. The maximum Gasteiger partial charge on any atom is 0.250 e. The molecule has 2 aromatic rings. The SMILES string of the molecule is CCC(C(=O)Nc1ccc(Br)cn1)n1cc(Br)cn1. The summed E-state index contributed by atoms with van der Waals surface area (Å²) in [6.45, 7) is 1.94. The Bertz CT molecular complexity index is 567. The first-order valence-electron chi connectivity index (χ1n) is 5.72. The number of nitrogens with one attached hydrogen (secondary N) is 1. The fraction of sp³-hybridized carbons (Fsp3) is 0.250. The van der Waals surface area contributed by atoms with Crippen LogP contribution in [-0.2, 0) is 4.79 Å². The molecule has 0 saturated carbocycles. The molecule has 0 aromatic carbocycles. The van der Waals surface area contributed by atoms with Gasteiger partial charge >= 0.3 is 0 Å². The summed E-state index contributed by atoms with van der Waals surface area (Å²) in [6, 6.07) is 3.22. The maximum atomic E-state index is 12.2. The van der Waals surface area contributed by atoms with Crippen molar-refractivity contribution in [2.45, 2.75) is 19.4 Å². The summed E-state index contributed by atoms with van der Waals surface area (Å²) in [5.41, 5.74) is 0. The van der Waals surface area contributed by atoms with Crippen LogP contribution in [0.2, 0.25) is 0 Å². The van der Waals surface area contributed by atoms with Gasteiger partial charge in [-0.1, -0.05) is 6.92 Å². The van der Waals surface area contributed by atoms with Crippen LogP contribution in [0.3, 0.4) is 0 Å². The third-order valence-corrected chi connectivity index (χ3v) is 3.44. The van der Waals surface area contributed by atoms with E-state index >= 15 is 0 Å². The highest BCUT2D eigenvalue weighted by Gasteiger charge is 2.19. The minimum atomic E-state index is -0.350. The fourth-order valence-electron chi connectivity index (χ4n) is 1.64. The predicted octanol–water partition coefficient (Wildman–Crippen LogP) is 3.39. The number of pyridine rings is 1. The first kappa shape index (κ1) is 14.2. The molecule has 1 N–H and O–H groups in total. The molecule has 2 rings (SSSR count). The molecule has 100 valence electrons. The van der Waals surface area contributed by atoms with Gasteiger partial charge in [0.2, 0.25) is 5.91 Å². The average Bonchev–Trinajstić information content (AvgIpc) is 2.80. The van der Waals surface area contributed by atoms with E-state index in [2.05, 4.69) is 47.3 Å². The molecule has 2 aromatic heterocycles. The van der Waals surface area contributed by atoms with E-state index in [1.807, 2.05) is 13.0 Å². The number of halogens is 2. The molecule has 1 amide bonds. The van der Waals surface area contributed by atoms with Crippen molar-refractivity contribution in [2.75, 3.05) is 5.32 Å². The average molecular weight is 388 g/mol. The van der Waals surface area contributed by atoms with Gasteiger partial charge in [0, 0.05) is 16.9 Å². The molecule has 0 bridgehead atoms. The highest BCUT2D eigenvalue weighted by molar-refractivity contribution is 9.10. The lowest BCUT2D eigenvalue weighted by molar-refractivity contribution is -0.119. The van der Waals surface area contributed by atoms with Gasteiger partial charge in [-0.25, -0.2) is 4.98 Å². The van der Waals surface area contributed by atoms with E-state index in [0.29, 0.717) is 12.2 Å². The van der Waals surface area contributed by atoms with Gasteiger partial charge in [0.1, 0.15) is 11.9 Å². The van der Waals surface area contributed by atoms with E-state index in [1.54, 1.807) is 29.3 Å². The van der Waals surface area contributed by atoms with E-state index < -0.39 is 0 Å². The molecular weight excluding hydrogens is 376 g/mol. The normalized spacial score (nSPS) is 12.2. The monoisotopic (exact) mass is 386 g/mol. The predicted molar refractivity (Wildman–Crippen MR) is 79.8 cm³/mol. The van der Waals surface area contributed by atoms with Gasteiger partial charge in [-0.3, -0.25) is 9.48 Å². The zero-order chi connectivity index (χ0) is 13.8. The number of aromatic nitrogens is 3. The largest absolute Gasteiger partial charge is 0.309 e.